The summed E-state index contributed by atoms with van der Waals surface area (Å²) in [6.45, 7) is 1.93. The summed E-state index contributed by atoms with van der Waals surface area (Å²) < 4.78 is 51.5. The molecule has 0 radical (unpaired) electrons. The SMILES string of the molecule is O=C(CCN1CCC(c2cccc(C(F)(F)F)c2)C1)c1ccc(F)cc1. The Morgan fingerprint density at radius 1 is 1.12 bits per heavy atom. The summed E-state index contributed by atoms with van der Waals surface area (Å²) in [4.78, 5) is 14.2. The summed E-state index contributed by atoms with van der Waals surface area (Å²) in [6, 6.07) is 10.9. The van der Waals surface area contributed by atoms with Gasteiger partial charge in [-0.25, -0.2) is 4.39 Å². The average molecular weight is 365 g/mol. The number of Topliss-reactive ketones (excluding diaryl/α,β-unsaturated/α-hetero) is 1. The van der Waals surface area contributed by atoms with Crippen LogP contribution in [-0.2, 0) is 6.18 Å². The van der Waals surface area contributed by atoms with E-state index in [1.165, 1.54) is 36.4 Å². The van der Waals surface area contributed by atoms with Crippen molar-refractivity contribution in [3.05, 3.63) is 71.0 Å². The van der Waals surface area contributed by atoms with Crippen LogP contribution in [0.5, 0.6) is 0 Å². The molecule has 3 rings (SSSR count). The Bertz CT molecular complexity index is 770. The van der Waals surface area contributed by atoms with E-state index in [1.807, 2.05) is 0 Å². The van der Waals surface area contributed by atoms with Gasteiger partial charge in [0.05, 0.1) is 5.56 Å². The molecule has 1 heterocycles. The van der Waals surface area contributed by atoms with Crippen LogP contribution < -0.4 is 0 Å². The molecule has 138 valence electrons. The van der Waals surface area contributed by atoms with E-state index in [1.54, 1.807) is 6.07 Å². The van der Waals surface area contributed by atoms with Crippen LogP contribution in [0.1, 0.15) is 40.2 Å². The number of nitrogens with zero attached hydrogens (tertiary/aromatic N) is 1. The number of likely N-dealkylation sites (tertiary alicyclic amines) is 1. The summed E-state index contributed by atoms with van der Waals surface area (Å²) in [7, 11) is 0. The maximum absolute atomic E-state index is 12.9. The van der Waals surface area contributed by atoms with Gasteiger partial charge in [-0.15, -0.1) is 0 Å². The van der Waals surface area contributed by atoms with E-state index in [0.29, 0.717) is 30.6 Å². The highest BCUT2D eigenvalue weighted by Gasteiger charge is 2.32. The lowest BCUT2D eigenvalue weighted by Crippen LogP contribution is -2.23. The second-order valence-corrected chi connectivity index (χ2v) is 6.59. The van der Waals surface area contributed by atoms with Crippen molar-refractivity contribution in [1.29, 1.82) is 0 Å². The molecule has 0 N–H and O–H groups in total. The molecule has 2 nitrogen and oxygen atoms in total. The molecular formula is C20H19F4NO. The van der Waals surface area contributed by atoms with Crippen LogP contribution >= 0.6 is 0 Å². The second kappa shape index (κ2) is 7.58. The number of carbonyl (C=O) groups excluding carboxylic acids is 1. The van der Waals surface area contributed by atoms with E-state index < -0.39 is 11.7 Å². The van der Waals surface area contributed by atoms with Crippen molar-refractivity contribution in [2.45, 2.75) is 24.9 Å². The molecule has 1 unspecified atom stereocenters. The van der Waals surface area contributed by atoms with E-state index in [9.17, 15) is 22.4 Å². The largest absolute Gasteiger partial charge is 0.416 e. The fourth-order valence-corrected chi connectivity index (χ4v) is 3.32. The van der Waals surface area contributed by atoms with Gasteiger partial charge in [-0.2, -0.15) is 13.2 Å². The van der Waals surface area contributed by atoms with Crippen molar-refractivity contribution >= 4 is 5.78 Å². The molecule has 0 bridgehead atoms. The summed E-state index contributed by atoms with van der Waals surface area (Å²) in [5, 5.41) is 0. The van der Waals surface area contributed by atoms with Crippen LogP contribution in [0.3, 0.4) is 0 Å². The van der Waals surface area contributed by atoms with Crippen LogP contribution in [0.25, 0.3) is 0 Å². The minimum atomic E-state index is -4.34. The fraction of sp³-hybridized carbons (Fsp3) is 0.350. The van der Waals surface area contributed by atoms with Gasteiger partial charge >= 0.3 is 6.18 Å². The number of hydrogen-bond acceptors (Lipinski definition) is 2. The number of alkyl halides is 3. The highest BCUT2D eigenvalue weighted by atomic mass is 19.4. The number of ketones is 1. The number of rotatable bonds is 5. The minimum absolute atomic E-state index is 0.0400. The van der Waals surface area contributed by atoms with Crippen molar-refractivity contribution in [2.75, 3.05) is 19.6 Å². The van der Waals surface area contributed by atoms with E-state index in [4.69, 9.17) is 0 Å². The fourth-order valence-electron chi connectivity index (χ4n) is 3.32. The third kappa shape index (κ3) is 4.49. The Morgan fingerprint density at radius 2 is 1.85 bits per heavy atom. The molecule has 1 atom stereocenters. The van der Waals surface area contributed by atoms with Gasteiger partial charge in [0, 0.05) is 25.1 Å². The van der Waals surface area contributed by atoms with Gasteiger partial charge in [-0.3, -0.25) is 4.79 Å². The van der Waals surface area contributed by atoms with E-state index in [0.717, 1.165) is 19.0 Å². The second-order valence-electron chi connectivity index (χ2n) is 6.59. The molecular weight excluding hydrogens is 346 g/mol. The quantitative estimate of drug-likeness (QED) is 0.554. The average Bonchev–Trinajstić information content (AvgIpc) is 3.09. The van der Waals surface area contributed by atoms with Crippen molar-refractivity contribution in [1.82, 2.24) is 4.90 Å². The maximum Gasteiger partial charge on any atom is 0.416 e. The van der Waals surface area contributed by atoms with E-state index in [-0.39, 0.29) is 17.5 Å². The molecule has 26 heavy (non-hydrogen) atoms. The van der Waals surface area contributed by atoms with Crippen LogP contribution in [0, 0.1) is 5.82 Å². The molecule has 1 aliphatic rings. The monoisotopic (exact) mass is 365 g/mol. The maximum atomic E-state index is 12.9. The third-order valence-electron chi connectivity index (χ3n) is 4.78. The number of benzene rings is 2. The Hall–Kier alpha value is -2.21. The molecule has 1 aliphatic heterocycles. The lowest BCUT2D eigenvalue weighted by Gasteiger charge is -2.16. The molecule has 0 aromatic heterocycles. The molecule has 1 fully saturated rings. The Kier molecular flexibility index (Phi) is 5.41. The zero-order chi connectivity index (χ0) is 18.7. The van der Waals surface area contributed by atoms with Gasteiger partial charge in [0.1, 0.15) is 5.82 Å². The zero-order valence-electron chi connectivity index (χ0n) is 14.1. The lowest BCUT2D eigenvalue weighted by atomic mass is 9.96. The third-order valence-corrected chi connectivity index (χ3v) is 4.78. The molecule has 0 aliphatic carbocycles. The van der Waals surface area contributed by atoms with Crippen molar-refractivity contribution < 1.29 is 22.4 Å². The van der Waals surface area contributed by atoms with Crippen LogP contribution in [-0.4, -0.2) is 30.3 Å². The first-order valence-electron chi connectivity index (χ1n) is 8.51. The van der Waals surface area contributed by atoms with Gasteiger partial charge in [0.2, 0.25) is 0 Å². The normalized spacial score (nSPS) is 18.2. The van der Waals surface area contributed by atoms with Crippen LogP contribution in [0.15, 0.2) is 48.5 Å². The van der Waals surface area contributed by atoms with E-state index in [2.05, 4.69) is 4.90 Å². The predicted molar refractivity (Wildman–Crippen MR) is 90.6 cm³/mol. The first-order valence-corrected chi connectivity index (χ1v) is 8.51. The Morgan fingerprint density at radius 3 is 2.54 bits per heavy atom. The molecule has 2 aromatic rings. The predicted octanol–water partition coefficient (Wildman–Crippen LogP) is 4.91. The Balaban J connectivity index is 1.56. The smallest absolute Gasteiger partial charge is 0.302 e. The van der Waals surface area contributed by atoms with E-state index >= 15 is 0 Å². The highest BCUT2D eigenvalue weighted by Crippen LogP contribution is 2.33. The van der Waals surface area contributed by atoms with Gasteiger partial charge < -0.3 is 4.90 Å². The first kappa shape index (κ1) is 18.6. The first-order chi connectivity index (χ1) is 12.3. The van der Waals surface area contributed by atoms with Crippen molar-refractivity contribution in [3.63, 3.8) is 0 Å². The molecule has 1 saturated heterocycles. The van der Waals surface area contributed by atoms with Gasteiger partial charge in [-0.05, 0) is 54.8 Å². The topological polar surface area (TPSA) is 20.3 Å². The van der Waals surface area contributed by atoms with Gasteiger partial charge in [0.25, 0.3) is 0 Å². The number of halogens is 4. The molecule has 0 spiro atoms. The van der Waals surface area contributed by atoms with Crippen molar-refractivity contribution in [3.8, 4) is 0 Å². The summed E-state index contributed by atoms with van der Waals surface area (Å²) >= 11 is 0. The van der Waals surface area contributed by atoms with Gasteiger partial charge in [-0.1, -0.05) is 18.2 Å². The molecule has 0 amide bonds. The van der Waals surface area contributed by atoms with Gasteiger partial charge in [0.15, 0.2) is 5.78 Å². The molecule has 2 aromatic carbocycles. The van der Waals surface area contributed by atoms with Crippen LogP contribution in [0.4, 0.5) is 17.6 Å². The minimum Gasteiger partial charge on any atom is -0.302 e. The number of hydrogen-bond donors (Lipinski definition) is 0. The zero-order valence-corrected chi connectivity index (χ0v) is 14.1. The molecule has 6 heteroatoms. The highest BCUT2D eigenvalue weighted by molar-refractivity contribution is 5.96. The summed E-state index contributed by atoms with van der Waals surface area (Å²) in [6.07, 6.45) is -3.26. The van der Waals surface area contributed by atoms with Crippen LogP contribution in [0.2, 0.25) is 0 Å². The number of carbonyl (C=O) groups is 1. The lowest BCUT2D eigenvalue weighted by molar-refractivity contribution is -0.137. The Labute approximate surface area is 149 Å². The summed E-state index contributed by atoms with van der Waals surface area (Å²) in [5.74, 6) is -0.407. The standard InChI is InChI=1S/C20H19F4NO/c21-18-6-4-14(5-7-18)19(26)9-11-25-10-8-16(13-25)15-2-1-3-17(12-15)20(22,23)24/h1-7,12,16H,8-11,13H2. The summed E-state index contributed by atoms with van der Waals surface area (Å²) in [5.41, 5.74) is 0.534. The van der Waals surface area contributed by atoms with Crippen molar-refractivity contribution in [2.24, 2.45) is 0 Å². The molecule has 0 saturated carbocycles.